The zero-order chi connectivity index (χ0) is 22.4. The van der Waals surface area contributed by atoms with Crippen LogP contribution >= 0.6 is 23.2 Å². The van der Waals surface area contributed by atoms with E-state index in [0.29, 0.717) is 33.0 Å². The van der Waals surface area contributed by atoms with Gasteiger partial charge in [-0.2, -0.15) is 0 Å². The van der Waals surface area contributed by atoms with E-state index < -0.39 is 5.91 Å². The predicted octanol–water partition coefficient (Wildman–Crippen LogP) is 6.58. The van der Waals surface area contributed by atoms with Crippen LogP contribution in [-0.4, -0.2) is 16.8 Å². The number of anilines is 1. The van der Waals surface area contributed by atoms with Gasteiger partial charge < -0.3 is 0 Å². The van der Waals surface area contributed by atoms with Crippen molar-refractivity contribution in [2.24, 2.45) is 0 Å². The number of halogens is 2. The molecule has 0 fully saturated rings. The number of rotatable bonds is 2. The fraction of sp³-hybridized carbons (Fsp3) is 0.0385. The Morgan fingerprint density at radius 2 is 1.56 bits per heavy atom. The first-order valence-corrected chi connectivity index (χ1v) is 10.7. The lowest BCUT2D eigenvalue weighted by molar-refractivity contribution is -0.112. The molecule has 0 saturated carbocycles. The average Bonchev–Trinajstić information content (AvgIpc) is 2.78. The topological polar surface area (TPSA) is 50.3 Å². The Morgan fingerprint density at radius 3 is 2.31 bits per heavy atom. The highest BCUT2D eigenvalue weighted by atomic mass is 35.5. The molecule has 0 bridgehead atoms. The van der Waals surface area contributed by atoms with Gasteiger partial charge in [-0.05, 0) is 67.1 Å². The number of carbonyl (C=O) groups is 2. The summed E-state index contributed by atoms with van der Waals surface area (Å²) < 4.78 is 0. The average molecular weight is 459 g/mol. The fourth-order valence-electron chi connectivity index (χ4n) is 3.86. The second-order valence-corrected chi connectivity index (χ2v) is 8.38. The van der Waals surface area contributed by atoms with Gasteiger partial charge in [0.1, 0.15) is 5.15 Å². The molecule has 4 aromatic rings. The first kappa shape index (κ1) is 20.4. The molecule has 0 N–H and O–H groups in total. The number of pyridine rings is 1. The second kappa shape index (κ2) is 7.90. The SMILES string of the molecule is Cc1ccc2nc(Cl)c(/C=C3\C(=O)N(c4ccc(Cl)cc4)C(=O)c4ccccc43)cc2c1. The molecule has 0 saturated heterocycles. The smallest absolute Gasteiger partial charge is 0.265 e. The Hall–Kier alpha value is -3.47. The summed E-state index contributed by atoms with van der Waals surface area (Å²) in [5, 5.41) is 1.73. The summed E-state index contributed by atoms with van der Waals surface area (Å²) >= 11 is 12.5. The summed E-state index contributed by atoms with van der Waals surface area (Å²) in [5.41, 5.74) is 4.29. The number of nitrogens with zero attached hydrogens (tertiary/aromatic N) is 2. The van der Waals surface area contributed by atoms with Crippen LogP contribution in [0, 0.1) is 6.92 Å². The van der Waals surface area contributed by atoms with Crippen LogP contribution in [0.15, 0.2) is 72.8 Å². The molecular weight excluding hydrogens is 443 g/mol. The number of hydrogen-bond donors (Lipinski definition) is 0. The summed E-state index contributed by atoms with van der Waals surface area (Å²) in [4.78, 5) is 32.4. The summed E-state index contributed by atoms with van der Waals surface area (Å²) in [7, 11) is 0. The Bertz CT molecular complexity index is 1440. The van der Waals surface area contributed by atoms with Gasteiger partial charge in [-0.15, -0.1) is 0 Å². The van der Waals surface area contributed by atoms with Gasteiger partial charge in [0.2, 0.25) is 0 Å². The number of carbonyl (C=O) groups excluding carboxylic acids is 2. The summed E-state index contributed by atoms with van der Waals surface area (Å²) in [6, 6.07) is 21.5. The van der Waals surface area contributed by atoms with Crippen molar-refractivity contribution < 1.29 is 9.59 Å². The molecule has 1 aliphatic heterocycles. The molecule has 2 amide bonds. The molecule has 0 spiro atoms. The Labute approximate surface area is 194 Å². The van der Waals surface area contributed by atoms with E-state index in [2.05, 4.69) is 4.98 Å². The summed E-state index contributed by atoms with van der Waals surface area (Å²) in [5.74, 6) is -0.820. The molecule has 5 rings (SSSR count). The zero-order valence-corrected chi connectivity index (χ0v) is 18.5. The van der Waals surface area contributed by atoms with E-state index in [4.69, 9.17) is 23.2 Å². The second-order valence-electron chi connectivity index (χ2n) is 7.59. The van der Waals surface area contributed by atoms with Crippen molar-refractivity contribution in [3.05, 3.63) is 105 Å². The third-order valence-corrected chi connectivity index (χ3v) is 5.97. The number of fused-ring (bicyclic) bond motifs is 2. The molecule has 156 valence electrons. The Kier molecular flexibility index (Phi) is 5.04. The van der Waals surface area contributed by atoms with E-state index >= 15 is 0 Å². The van der Waals surface area contributed by atoms with E-state index in [1.807, 2.05) is 31.2 Å². The maximum atomic E-state index is 13.6. The van der Waals surface area contributed by atoms with E-state index in [1.165, 1.54) is 0 Å². The molecule has 1 aromatic heterocycles. The largest absolute Gasteiger partial charge is 0.268 e. The maximum Gasteiger partial charge on any atom is 0.265 e. The minimum atomic E-state index is -0.434. The zero-order valence-electron chi connectivity index (χ0n) is 17.0. The van der Waals surface area contributed by atoms with Crippen LogP contribution in [0.3, 0.4) is 0 Å². The van der Waals surface area contributed by atoms with Crippen LogP contribution in [0.4, 0.5) is 5.69 Å². The van der Waals surface area contributed by atoms with Crippen LogP contribution in [0.25, 0.3) is 22.6 Å². The molecule has 1 aliphatic rings. The fourth-order valence-corrected chi connectivity index (χ4v) is 4.19. The molecule has 0 aliphatic carbocycles. The number of imide groups is 1. The van der Waals surface area contributed by atoms with E-state index in [9.17, 15) is 9.59 Å². The van der Waals surface area contributed by atoms with E-state index in [0.717, 1.165) is 21.4 Å². The van der Waals surface area contributed by atoms with Gasteiger partial charge in [0, 0.05) is 27.1 Å². The van der Waals surface area contributed by atoms with Crippen molar-refractivity contribution in [3.8, 4) is 0 Å². The maximum absolute atomic E-state index is 13.6. The minimum Gasteiger partial charge on any atom is -0.268 e. The number of hydrogen-bond acceptors (Lipinski definition) is 3. The minimum absolute atomic E-state index is 0.286. The predicted molar refractivity (Wildman–Crippen MR) is 129 cm³/mol. The van der Waals surface area contributed by atoms with Crippen molar-refractivity contribution in [2.75, 3.05) is 4.90 Å². The summed E-state index contributed by atoms with van der Waals surface area (Å²) in [6.07, 6.45) is 1.70. The highest BCUT2D eigenvalue weighted by molar-refractivity contribution is 6.43. The molecular formula is C26H16Cl2N2O2. The number of aryl methyl sites for hydroxylation is 1. The molecule has 6 heteroatoms. The lowest BCUT2D eigenvalue weighted by atomic mass is 9.91. The number of benzene rings is 3. The number of aromatic nitrogens is 1. The van der Waals surface area contributed by atoms with Crippen LogP contribution in [0.1, 0.15) is 27.0 Å². The van der Waals surface area contributed by atoms with Gasteiger partial charge in [-0.1, -0.05) is 53.0 Å². The van der Waals surface area contributed by atoms with Crippen LogP contribution in [0.2, 0.25) is 10.2 Å². The third kappa shape index (κ3) is 3.48. The van der Waals surface area contributed by atoms with Gasteiger partial charge in [-0.3, -0.25) is 9.59 Å². The number of amides is 2. The highest BCUT2D eigenvalue weighted by Crippen LogP contribution is 2.35. The molecule has 0 atom stereocenters. The van der Waals surface area contributed by atoms with Gasteiger partial charge in [0.05, 0.1) is 11.2 Å². The van der Waals surface area contributed by atoms with Crippen molar-refractivity contribution in [3.63, 3.8) is 0 Å². The molecule has 0 radical (unpaired) electrons. The highest BCUT2D eigenvalue weighted by Gasteiger charge is 2.35. The van der Waals surface area contributed by atoms with Crippen LogP contribution < -0.4 is 4.90 Å². The molecule has 4 nitrogen and oxygen atoms in total. The molecule has 2 heterocycles. The monoisotopic (exact) mass is 458 g/mol. The normalized spacial score (nSPS) is 14.8. The van der Waals surface area contributed by atoms with Crippen molar-refractivity contribution >= 4 is 63.3 Å². The lowest BCUT2D eigenvalue weighted by Crippen LogP contribution is -2.41. The molecule has 3 aromatic carbocycles. The summed E-state index contributed by atoms with van der Waals surface area (Å²) in [6.45, 7) is 2.00. The standard InChI is InChI=1S/C26H16Cl2N2O2/c1-15-6-11-23-16(12-15)13-17(24(28)29-23)14-22-20-4-2-3-5-21(20)25(31)30(26(22)32)19-9-7-18(27)8-10-19/h2-14H,1H3/b22-14-. The van der Waals surface area contributed by atoms with Crippen LogP contribution in [-0.2, 0) is 4.79 Å². The van der Waals surface area contributed by atoms with Gasteiger partial charge in [0.15, 0.2) is 0 Å². The molecule has 32 heavy (non-hydrogen) atoms. The first-order valence-electron chi connectivity index (χ1n) is 9.95. The lowest BCUT2D eigenvalue weighted by Gasteiger charge is -2.28. The Balaban J connectivity index is 1.71. The van der Waals surface area contributed by atoms with Gasteiger partial charge >= 0.3 is 0 Å². The van der Waals surface area contributed by atoms with E-state index in [-0.39, 0.29) is 11.1 Å². The van der Waals surface area contributed by atoms with Crippen LogP contribution in [0.5, 0.6) is 0 Å². The Morgan fingerprint density at radius 1 is 0.844 bits per heavy atom. The molecule has 0 unspecified atom stereocenters. The van der Waals surface area contributed by atoms with E-state index in [1.54, 1.807) is 54.6 Å². The van der Waals surface area contributed by atoms with Gasteiger partial charge in [0.25, 0.3) is 11.8 Å². The third-order valence-electron chi connectivity index (χ3n) is 5.42. The van der Waals surface area contributed by atoms with Crippen molar-refractivity contribution in [1.29, 1.82) is 0 Å². The van der Waals surface area contributed by atoms with Crippen molar-refractivity contribution in [2.45, 2.75) is 6.92 Å². The van der Waals surface area contributed by atoms with Gasteiger partial charge in [-0.25, -0.2) is 9.88 Å². The van der Waals surface area contributed by atoms with Crippen molar-refractivity contribution in [1.82, 2.24) is 4.98 Å². The first-order chi connectivity index (χ1) is 15.4. The quantitative estimate of drug-likeness (QED) is 0.193.